The molecule has 0 bridgehead atoms. The summed E-state index contributed by atoms with van der Waals surface area (Å²) >= 11 is 0. The summed E-state index contributed by atoms with van der Waals surface area (Å²) in [7, 11) is 2.06. The largest absolute Gasteiger partial charge is 0.363 e. The zero-order valence-corrected chi connectivity index (χ0v) is 15.4. The summed E-state index contributed by atoms with van der Waals surface area (Å²) in [6.07, 6.45) is 1.68. The molecule has 3 aromatic heterocycles. The van der Waals surface area contributed by atoms with Crippen LogP contribution in [0.15, 0.2) is 28.9 Å². The van der Waals surface area contributed by atoms with Crippen molar-refractivity contribution in [3.63, 3.8) is 0 Å². The molecule has 1 fully saturated rings. The average Bonchev–Trinajstić information content (AvgIpc) is 3.21. The minimum atomic E-state index is -0.209. The highest BCUT2D eigenvalue weighted by atomic mass is 16.5. The first kappa shape index (κ1) is 16.9. The van der Waals surface area contributed by atoms with E-state index in [2.05, 4.69) is 32.2 Å². The summed E-state index contributed by atoms with van der Waals surface area (Å²) in [4.78, 5) is 11.1. The second-order valence-corrected chi connectivity index (χ2v) is 6.85. The molecule has 4 rings (SSSR count). The van der Waals surface area contributed by atoms with Gasteiger partial charge >= 0.3 is 0 Å². The van der Waals surface area contributed by atoms with E-state index in [1.165, 1.54) is 0 Å². The highest BCUT2D eigenvalue weighted by Crippen LogP contribution is 2.25. The van der Waals surface area contributed by atoms with Crippen LogP contribution < -0.4 is 0 Å². The maximum Gasteiger partial charge on any atom is 0.257 e. The van der Waals surface area contributed by atoms with E-state index < -0.39 is 0 Å². The van der Waals surface area contributed by atoms with Gasteiger partial charge in [-0.2, -0.15) is 10.1 Å². The standard InChI is InChI=1S/C18H22N6O2/c1-11-7-12(2)24(21-11)14-5-6-15(19-8-14)17-20-18(26-22-17)16-10-23(4)9-13(3)25-16/h5-8,13,16H,9-10H2,1-4H3/t13-,16-/m1/s1. The fourth-order valence-corrected chi connectivity index (χ4v) is 3.30. The molecule has 136 valence electrons. The monoisotopic (exact) mass is 354 g/mol. The fraction of sp³-hybridized carbons (Fsp3) is 0.444. The Bertz CT molecular complexity index is 891. The van der Waals surface area contributed by atoms with Crippen LogP contribution in [0.4, 0.5) is 0 Å². The van der Waals surface area contributed by atoms with Crippen molar-refractivity contribution in [1.29, 1.82) is 0 Å². The number of aryl methyl sites for hydroxylation is 2. The summed E-state index contributed by atoms with van der Waals surface area (Å²) in [6.45, 7) is 7.65. The summed E-state index contributed by atoms with van der Waals surface area (Å²) in [5.74, 6) is 0.951. The summed E-state index contributed by atoms with van der Waals surface area (Å²) in [5.41, 5.74) is 3.59. The van der Waals surface area contributed by atoms with E-state index in [0.717, 1.165) is 30.2 Å². The predicted octanol–water partition coefficient (Wildman–Crippen LogP) is 2.33. The van der Waals surface area contributed by atoms with Gasteiger partial charge in [-0.05, 0) is 46.0 Å². The minimum absolute atomic E-state index is 0.132. The zero-order valence-electron chi connectivity index (χ0n) is 15.4. The summed E-state index contributed by atoms with van der Waals surface area (Å²) < 4.78 is 13.2. The zero-order chi connectivity index (χ0) is 18.3. The first-order valence-corrected chi connectivity index (χ1v) is 8.67. The molecule has 0 N–H and O–H groups in total. The van der Waals surface area contributed by atoms with Crippen LogP contribution in [0.1, 0.15) is 30.3 Å². The minimum Gasteiger partial charge on any atom is -0.363 e. The molecule has 1 aliphatic heterocycles. The number of pyridine rings is 1. The van der Waals surface area contributed by atoms with Gasteiger partial charge in [-0.3, -0.25) is 4.98 Å². The number of nitrogens with zero attached hydrogens (tertiary/aromatic N) is 6. The number of hydrogen-bond donors (Lipinski definition) is 0. The highest BCUT2D eigenvalue weighted by Gasteiger charge is 2.29. The summed E-state index contributed by atoms with van der Waals surface area (Å²) in [5, 5.41) is 8.53. The smallest absolute Gasteiger partial charge is 0.257 e. The predicted molar refractivity (Wildman–Crippen MR) is 94.9 cm³/mol. The number of ether oxygens (including phenoxy) is 1. The molecule has 0 amide bonds. The quantitative estimate of drug-likeness (QED) is 0.714. The van der Waals surface area contributed by atoms with Crippen LogP contribution in [0, 0.1) is 13.8 Å². The lowest BCUT2D eigenvalue weighted by atomic mass is 10.2. The molecule has 2 atom stereocenters. The van der Waals surface area contributed by atoms with Gasteiger partial charge in [0.15, 0.2) is 0 Å². The Hall–Kier alpha value is -2.58. The molecule has 8 heteroatoms. The lowest BCUT2D eigenvalue weighted by molar-refractivity contribution is -0.0838. The molecule has 3 aromatic rings. The van der Waals surface area contributed by atoms with Gasteiger partial charge in [-0.15, -0.1) is 0 Å². The molecular weight excluding hydrogens is 332 g/mol. The van der Waals surface area contributed by atoms with Crippen LogP contribution in [0.5, 0.6) is 0 Å². The van der Waals surface area contributed by atoms with E-state index in [0.29, 0.717) is 17.4 Å². The van der Waals surface area contributed by atoms with Crippen LogP contribution in [-0.2, 0) is 4.74 Å². The van der Waals surface area contributed by atoms with Crippen LogP contribution in [0.2, 0.25) is 0 Å². The molecule has 0 aromatic carbocycles. The van der Waals surface area contributed by atoms with Crippen molar-refractivity contribution in [2.75, 3.05) is 20.1 Å². The second kappa shape index (κ2) is 6.62. The third kappa shape index (κ3) is 3.25. The molecule has 0 radical (unpaired) electrons. The van der Waals surface area contributed by atoms with Crippen molar-refractivity contribution in [3.8, 4) is 17.2 Å². The summed E-state index contributed by atoms with van der Waals surface area (Å²) in [6, 6.07) is 5.85. The molecule has 1 saturated heterocycles. The van der Waals surface area contributed by atoms with Gasteiger partial charge in [0.05, 0.1) is 23.7 Å². The van der Waals surface area contributed by atoms with Crippen molar-refractivity contribution in [2.24, 2.45) is 0 Å². The van der Waals surface area contributed by atoms with E-state index in [4.69, 9.17) is 9.26 Å². The van der Waals surface area contributed by atoms with Crippen LogP contribution in [0.25, 0.3) is 17.2 Å². The fourth-order valence-electron chi connectivity index (χ4n) is 3.30. The Morgan fingerprint density at radius 3 is 2.69 bits per heavy atom. The van der Waals surface area contributed by atoms with Gasteiger partial charge in [0.25, 0.3) is 5.89 Å². The van der Waals surface area contributed by atoms with Gasteiger partial charge in [-0.25, -0.2) is 4.68 Å². The Kier molecular flexibility index (Phi) is 4.29. The maximum atomic E-state index is 5.91. The molecule has 0 saturated carbocycles. The van der Waals surface area contributed by atoms with E-state index in [9.17, 15) is 0 Å². The molecule has 4 heterocycles. The number of morpholine rings is 1. The van der Waals surface area contributed by atoms with Crippen molar-refractivity contribution in [3.05, 3.63) is 41.7 Å². The Morgan fingerprint density at radius 2 is 2.04 bits per heavy atom. The van der Waals surface area contributed by atoms with E-state index >= 15 is 0 Å². The SMILES string of the molecule is Cc1cc(C)n(-c2ccc(-c3noc([C@H]4CN(C)C[C@@H](C)O4)n3)nc2)n1. The number of likely N-dealkylation sites (N-methyl/N-ethyl adjacent to an activating group) is 1. The van der Waals surface area contributed by atoms with Gasteiger partial charge in [0, 0.05) is 18.8 Å². The average molecular weight is 354 g/mol. The third-order valence-electron chi connectivity index (χ3n) is 4.39. The Morgan fingerprint density at radius 1 is 1.19 bits per heavy atom. The van der Waals surface area contributed by atoms with Crippen molar-refractivity contribution >= 4 is 0 Å². The topological polar surface area (TPSA) is 82.1 Å². The lowest BCUT2D eigenvalue weighted by Gasteiger charge is -2.32. The maximum absolute atomic E-state index is 5.91. The highest BCUT2D eigenvalue weighted by molar-refractivity contribution is 5.50. The van der Waals surface area contributed by atoms with Crippen molar-refractivity contribution in [2.45, 2.75) is 33.0 Å². The molecule has 0 spiro atoms. The number of rotatable bonds is 3. The Labute approximate surface area is 151 Å². The first-order valence-electron chi connectivity index (χ1n) is 8.67. The first-order chi connectivity index (χ1) is 12.5. The molecule has 26 heavy (non-hydrogen) atoms. The van der Waals surface area contributed by atoms with Gasteiger partial charge in [0.1, 0.15) is 11.8 Å². The third-order valence-corrected chi connectivity index (χ3v) is 4.39. The molecule has 1 aliphatic rings. The van der Waals surface area contributed by atoms with Crippen molar-refractivity contribution in [1.82, 2.24) is 29.8 Å². The van der Waals surface area contributed by atoms with E-state index in [1.54, 1.807) is 6.20 Å². The van der Waals surface area contributed by atoms with Gasteiger partial charge in [0.2, 0.25) is 5.82 Å². The normalized spacial score (nSPS) is 21.2. The van der Waals surface area contributed by atoms with Gasteiger partial charge in [-0.1, -0.05) is 5.16 Å². The van der Waals surface area contributed by atoms with Gasteiger partial charge < -0.3 is 14.2 Å². The van der Waals surface area contributed by atoms with Crippen molar-refractivity contribution < 1.29 is 9.26 Å². The van der Waals surface area contributed by atoms with E-state index in [-0.39, 0.29) is 12.2 Å². The van der Waals surface area contributed by atoms with Crippen LogP contribution in [-0.4, -0.2) is 56.0 Å². The molecule has 0 aliphatic carbocycles. The number of aromatic nitrogens is 5. The lowest BCUT2D eigenvalue weighted by Crippen LogP contribution is -2.40. The van der Waals surface area contributed by atoms with Crippen LogP contribution >= 0.6 is 0 Å². The molecule has 0 unspecified atom stereocenters. The molecular formula is C18H22N6O2. The Balaban J connectivity index is 1.55. The van der Waals surface area contributed by atoms with E-state index in [1.807, 2.05) is 43.7 Å². The van der Waals surface area contributed by atoms with Crippen LogP contribution in [0.3, 0.4) is 0 Å². The molecule has 8 nitrogen and oxygen atoms in total. The second-order valence-electron chi connectivity index (χ2n) is 6.85. The number of hydrogen-bond acceptors (Lipinski definition) is 7.